The number of carbonyl (C=O) groups excluding carboxylic acids is 1. The molecule has 1 saturated heterocycles. The smallest absolute Gasteiger partial charge is 0.243 e. The molecule has 0 aliphatic carbocycles. The fourth-order valence-electron chi connectivity index (χ4n) is 2.53. The molecule has 0 radical (unpaired) electrons. The van der Waals surface area contributed by atoms with Crippen LogP contribution in [0.3, 0.4) is 0 Å². The first-order chi connectivity index (χ1) is 11.3. The van der Waals surface area contributed by atoms with Crippen molar-refractivity contribution in [3.05, 3.63) is 29.3 Å². The molecule has 0 spiro atoms. The van der Waals surface area contributed by atoms with Gasteiger partial charge in [0.15, 0.2) is 0 Å². The Morgan fingerprint density at radius 2 is 1.96 bits per heavy atom. The third-order valence-electron chi connectivity index (χ3n) is 4.15. The molecule has 1 amide bonds. The molecule has 1 aromatic rings. The maximum atomic E-state index is 12.6. The summed E-state index contributed by atoms with van der Waals surface area (Å²) in [6, 6.07) is 6.44. The van der Waals surface area contributed by atoms with Gasteiger partial charge < -0.3 is 5.32 Å². The molecule has 8 heteroatoms. The number of amides is 1. The third kappa shape index (κ3) is 4.92. The Morgan fingerprint density at radius 1 is 1.29 bits per heavy atom. The fraction of sp³-hybridized carbons (Fsp3) is 0.562. The predicted octanol–water partition coefficient (Wildman–Crippen LogP) is 1.56. The Hall–Kier alpha value is -1.15. The number of nitrogens with one attached hydrogen (secondary N) is 1. The van der Waals surface area contributed by atoms with Crippen molar-refractivity contribution in [2.24, 2.45) is 0 Å². The van der Waals surface area contributed by atoms with E-state index in [4.69, 9.17) is 11.6 Å². The normalized spacial score (nSPS) is 18.3. The molecule has 0 saturated carbocycles. The standard InChI is InChI=1S/C16H24ClN3O3S/c1-3-13(2)18-16(21)12-19-7-9-20(10-8-19)24(22,23)15-6-4-5-14(17)11-15/h4-6,11,13H,3,7-10,12H2,1-2H3,(H,18,21). The number of benzene rings is 1. The zero-order valence-electron chi connectivity index (χ0n) is 14.0. The van der Waals surface area contributed by atoms with Gasteiger partial charge in [0.1, 0.15) is 0 Å². The van der Waals surface area contributed by atoms with Crippen LogP contribution in [0, 0.1) is 0 Å². The molecule has 0 bridgehead atoms. The van der Waals surface area contributed by atoms with Crippen molar-refractivity contribution in [3.63, 3.8) is 0 Å². The quantitative estimate of drug-likeness (QED) is 0.821. The van der Waals surface area contributed by atoms with Crippen molar-refractivity contribution in [2.75, 3.05) is 32.7 Å². The lowest BCUT2D eigenvalue weighted by Crippen LogP contribution is -2.51. The first-order valence-electron chi connectivity index (χ1n) is 8.10. The Bertz CT molecular complexity index is 673. The summed E-state index contributed by atoms with van der Waals surface area (Å²) in [5.74, 6) is -0.0181. The van der Waals surface area contributed by atoms with E-state index in [0.717, 1.165) is 6.42 Å². The summed E-state index contributed by atoms with van der Waals surface area (Å²) < 4.78 is 26.7. The van der Waals surface area contributed by atoms with E-state index in [2.05, 4.69) is 5.32 Å². The molecule has 1 aliphatic rings. The minimum absolute atomic E-state index is 0.0181. The average molecular weight is 374 g/mol. The lowest BCUT2D eigenvalue weighted by atomic mass is 10.2. The number of halogens is 1. The molecule has 1 aliphatic heterocycles. The van der Waals surface area contributed by atoms with E-state index in [9.17, 15) is 13.2 Å². The van der Waals surface area contributed by atoms with Gasteiger partial charge in [-0.2, -0.15) is 4.31 Å². The Labute approximate surface area is 148 Å². The van der Waals surface area contributed by atoms with E-state index < -0.39 is 10.0 Å². The van der Waals surface area contributed by atoms with Crippen LogP contribution in [0.15, 0.2) is 29.2 Å². The van der Waals surface area contributed by atoms with Crippen LogP contribution >= 0.6 is 11.6 Å². The first-order valence-corrected chi connectivity index (χ1v) is 9.92. The monoisotopic (exact) mass is 373 g/mol. The van der Waals surface area contributed by atoms with Crippen molar-refractivity contribution < 1.29 is 13.2 Å². The number of carbonyl (C=O) groups is 1. The molecule has 6 nitrogen and oxygen atoms in total. The maximum absolute atomic E-state index is 12.6. The average Bonchev–Trinajstić information content (AvgIpc) is 2.55. The summed E-state index contributed by atoms with van der Waals surface area (Å²) >= 11 is 5.89. The molecule has 1 fully saturated rings. The van der Waals surface area contributed by atoms with Crippen LogP contribution in [0.5, 0.6) is 0 Å². The summed E-state index contributed by atoms with van der Waals surface area (Å²) in [6.07, 6.45) is 0.886. The van der Waals surface area contributed by atoms with Crippen LogP contribution in [-0.4, -0.2) is 62.3 Å². The van der Waals surface area contributed by atoms with Gasteiger partial charge in [-0.05, 0) is 31.5 Å². The predicted molar refractivity (Wildman–Crippen MR) is 94.5 cm³/mol. The molecular weight excluding hydrogens is 350 g/mol. The van der Waals surface area contributed by atoms with Gasteiger partial charge in [-0.25, -0.2) is 8.42 Å². The highest BCUT2D eigenvalue weighted by Gasteiger charge is 2.29. The zero-order valence-corrected chi connectivity index (χ0v) is 15.6. The molecule has 2 rings (SSSR count). The number of rotatable bonds is 6. The van der Waals surface area contributed by atoms with Gasteiger partial charge in [0.05, 0.1) is 11.4 Å². The number of sulfonamides is 1. The molecule has 1 heterocycles. The lowest BCUT2D eigenvalue weighted by Gasteiger charge is -2.33. The largest absolute Gasteiger partial charge is 0.353 e. The van der Waals surface area contributed by atoms with E-state index >= 15 is 0 Å². The lowest BCUT2D eigenvalue weighted by molar-refractivity contribution is -0.123. The van der Waals surface area contributed by atoms with Crippen molar-refractivity contribution in [2.45, 2.75) is 31.2 Å². The summed E-state index contributed by atoms with van der Waals surface area (Å²) in [5, 5.41) is 3.32. The number of hydrogen-bond donors (Lipinski definition) is 1. The summed E-state index contributed by atoms with van der Waals surface area (Å²) in [5.41, 5.74) is 0. The molecular formula is C16H24ClN3O3S. The van der Waals surface area contributed by atoms with Crippen molar-refractivity contribution in [1.82, 2.24) is 14.5 Å². The van der Waals surface area contributed by atoms with E-state index in [1.165, 1.54) is 10.4 Å². The number of piperazine rings is 1. The van der Waals surface area contributed by atoms with Crippen molar-refractivity contribution in [3.8, 4) is 0 Å². The van der Waals surface area contributed by atoms with Gasteiger partial charge in [0.2, 0.25) is 15.9 Å². The number of hydrogen-bond acceptors (Lipinski definition) is 4. The molecule has 0 aromatic heterocycles. The molecule has 24 heavy (non-hydrogen) atoms. The first kappa shape index (κ1) is 19.2. The van der Waals surface area contributed by atoms with Gasteiger partial charge in [0.25, 0.3) is 0 Å². The Morgan fingerprint density at radius 3 is 2.54 bits per heavy atom. The van der Waals surface area contributed by atoms with Gasteiger partial charge in [-0.3, -0.25) is 9.69 Å². The number of nitrogens with zero attached hydrogens (tertiary/aromatic N) is 2. The van der Waals surface area contributed by atoms with Crippen LogP contribution in [0.25, 0.3) is 0 Å². The molecule has 134 valence electrons. The highest BCUT2D eigenvalue weighted by Crippen LogP contribution is 2.20. The second-order valence-electron chi connectivity index (χ2n) is 6.01. The summed E-state index contributed by atoms with van der Waals surface area (Å²) in [6.45, 7) is 6.09. The van der Waals surface area contributed by atoms with Gasteiger partial charge in [-0.15, -0.1) is 0 Å². The Kier molecular flexibility index (Phi) is 6.62. The van der Waals surface area contributed by atoms with Crippen LogP contribution in [0.4, 0.5) is 0 Å². The summed E-state index contributed by atoms with van der Waals surface area (Å²) in [4.78, 5) is 14.1. The molecule has 1 unspecified atom stereocenters. The zero-order chi connectivity index (χ0) is 17.7. The van der Waals surface area contributed by atoms with Gasteiger partial charge >= 0.3 is 0 Å². The fourth-order valence-corrected chi connectivity index (χ4v) is 4.25. The maximum Gasteiger partial charge on any atom is 0.243 e. The van der Waals surface area contributed by atoms with Crippen LogP contribution in [0.2, 0.25) is 5.02 Å². The molecule has 1 aromatic carbocycles. The Balaban J connectivity index is 1.91. The van der Waals surface area contributed by atoms with Crippen LogP contribution in [0.1, 0.15) is 20.3 Å². The van der Waals surface area contributed by atoms with Crippen molar-refractivity contribution >= 4 is 27.5 Å². The molecule has 1 N–H and O–H groups in total. The SMILES string of the molecule is CCC(C)NC(=O)CN1CCN(S(=O)(=O)c2cccc(Cl)c2)CC1. The third-order valence-corrected chi connectivity index (χ3v) is 6.28. The van der Waals surface area contributed by atoms with Crippen LogP contribution < -0.4 is 5.32 Å². The van der Waals surface area contributed by atoms with Crippen LogP contribution in [-0.2, 0) is 14.8 Å². The minimum Gasteiger partial charge on any atom is -0.353 e. The second-order valence-corrected chi connectivity index (χ2v) is 8.39. The molecule has 1 atom stereocenters. The minimum atomic E-state index is -3.54. The van der Waals surface area contributed by atoms with E-state index in [0.29, 0.717) is 37.7 Å². The topological polar surface area (TPSA) is 69.7 Å². The van der Waals surface area contributed by atoms with E-state index in [-0.39, 0.29) is 16.8 Å². The van der Waals surface area contributed by atoms with Gasteiger partial charge in [-0.1, -0.05) is 24.6 Å². The van der Waals surface area contributed by atoms with E-state index in [1.54, 1.807) is 18.2 Å². The second kappa shape index (κ2) is 8.29. The van der Waals surface area contributed by atoms with Crippen molar-refractivity contribution in [1.29, 1.82) is 0 Å². The highest BCUT2D eigenvalue weighted by molar-refractivity contribution is 7.89. The van der Waals surface area contributed by atoms with E-state index in [1.807, 2.05) is 18.7 Å². The van der Waals surface area contributed by atoms with Gasteiger partial charge in [0, 0.05) is 37.2 Å². The highest BCUT2D eigenvalue weighted by atomic mass is 35.5. The summed E-state index contributed by atoms with van der Waals surface area (Å²) in [7, 11) is -3.54.